The molecular weight excluding hydrogens is 388 g/mol. The summed E-state index contributed by atoms with van der Waals surface area (Å²) < 4.78 is 27.7. The van der Waals surface area contributed by atoms with Crippen molar-refractivity contribution in [2.45, 2.75) is 10.9 Å². The Kier molecular flexibility index (Phi) is 4.62. The van der Waals surface area contributed by atoms with Gasteiger partial charge in [0.1, 0.15) is 0 Å². The summed E-state index contributed by atoms with van der Waals surface area (Å²) in [5.41, 5.74) is 2.22. The fraction of sp³-hybridized carbons (Fsp3) is 0.182. The quantitative estimate of drug-likeness (QED) is 0.727. The first-order valence-electron chi connectivity index (χ1n) is 9.15. The average Bonchev–Trinajstić information content (AvgIpc) is 3.12. The number of nitrogens with zero attached hydrogens (tertiary/aromatic N) is 2. The third-order valence-corrected chi connectivity index (χ3v) is 7.01. The van der Waals surface area contributed by atoms with E-state index in [9.17, 15) is 18.0 Å². The van der Waals surface area contributed by atoms with E-state index in [2.05, 4.69) is 0 Å². The second-order valence-electron chi connectivity index (χ2n) is 7.23. The summed E-state index contributed by atoms with van der Waals surface area (Å²) in [6, 6.07) is 14.8. The monoisotopic (exact) mass is 408 g/mol. The van der Waals surface area contributed by atoms with Gasteiger partial charge in [-0.05, 0) is 41.5 Å². The lowest BCUT2D eigenvalue weighted by Gasteiger charge is -2.28. The van der Waals surface area contributed by atoms with E-state index in [1.165, 1.54) is 34.8 Å². The number of ketones is 2. The zero-order valence-corrected chi connectivity index (χ0v) is 16.8. The third-order valence-electron chi connectivity index (χ3n) is 5.24. The van der Waals surface area contributed by atoms with E-state index in [0.29, 0.717) is 11.1 Å². The molecular formula is C22H20N2O4S. The molecule has 2 aromatic rings. The number of Topliss-reactive ketones (excluding diaryl/α,β-unsaturated/α-hetero) is 1. The van der Waals surface area contributed by atoms with Gasteiger partial charge >= 0.3 is 0 Å². The van der Waals surface area contributed by atoms with E-state index >= 15 is 0 Å². The van der Waals surface area contributed by atoms with Gasteiger partial charge in [-0.2, -0.15) is 0 Å². The van der Waals surface area contributed by atoms with Gasteiger partial charge in [0.25, 0.3) is 10.0 Å². The molecule has 7 heteroatoms. The summed E-state index contributed by atoms with van der Waals surface area (Å²) in [5.74, 6) is -2.05. The van der Waals surface area contributed by atoms with Crippen molar-refractivity contribution in [3.05, 3.63) is 78.5 Å². The average molecular weight is 408 g/mol. The number of fused-ring (bicyclic) bond motifs is 1. The minimum Gasteiger partial charge on any atom is -0.378 e. The van der Waals surface area contributed by atoms with Gasteiger partial charge in [-0.3, -0.25) is 13.9 Å². The molecule has 0 amide bonds. The van der Waals surface area contributed by atoms with Gasteiger partial charge < -0.3 is 4.90 Å². The third kappa shape index (κ3) is 3.17. The molecule has 1 aliphatic carbocycles. The second kappa shape index (κ2) is 7.00. The van der Waals surface area contributed by atoms with Gasteiger partial charge in [0, 0.05) is 26.0 Å². The number of hydrogen-bond acceptors (Lipinski definition) is 5. The number of rotatable bonds is 4. The molecule has 2 atom stereocenters. The first-order chi connectivity index (χ1) is 13.8. The van der Waals surface area contributed by atoms with Crippen molar-refractivity contribution in [3.63, 3.8) is 0 Å². The molecule has 148 valence electrons. The van der Waals surface area contributed by atoms with Gasteiger partial charge in [0.15, 0.2) is 0 Å². The standard InChI is InChI=1S/C22H20N2O4S/c1-23(2)16-10-8-15(9-11-16)18-14-24(19-12-13-20(25)22(26)21(18)19)29(27,28)17-6-4-3-5-7-17/h3-14,19,21H,1-2H3. The van der Waals surface area contributed by atoms with Crippen LogP contribution in [0.4, 0.5) is 5.69 Å². The second-order valence-corrected chi connectivity index (χ2v) is 9.07. The molecule has 1 aliphatic heterocycles. The Morgan fingerprint density at radius 1 is 0.931 bits per heavy atom. The first kappa shape index (κ1) is 19.1. The summed E-state index contributed by atoms with van der Waals surface area (Å²) >= 11 is 0. The SMILES string of the molecule is CN(C)c1ccc(C2=CN(S(=O)(=O)c3ccccc3)C3C=CC(=O)C(=O)C23)cc1. The predicted molar refractivity (Wildman–Crippen MR) is 111 cm³/mol. The molecule has 0 saturated carbocycles. The molecule has 4 rings (SSSR count). The zero-order valence-electron chi connectivity index (χ0n) is 16.0. The normalized spacial score (nSPS) is 21.2. The smallest absolute Gasteiger partial charge is 0.264 e. The van der Waals surface area contributed by atoms with Crippen molar-refractivity contribution in [1.82, 2.24) is 4.31 Å². The molecule has 0 fully saturated rings. The highest BCUT2D eigenvalue weighted by atomic mass is 32.2. The van der Waals surface area contributed by atoms with E-state index in [4.69, 9.17) is 0 Å². The number of carbonyl (C=O) groups is 2. The number of sulfonamides is 1. The van der Waals surface area contributed by atoms with Gasteiger partial charge in [-0.25, -0.2) is 8.42 Å². The van der Waals surface area contributed by atoms with Gasteiger partial charge in [-0.15, -0.1) is 0 Å². The highest BCUT2D eigenvalue weighted by Gasteiger charge is 2.47. The summed E-state index contributed by atoms with van der Waals surface area (Å²) in [7, 11) is -0.0409. The molecule has 0 spiro atoms. The van der Waals surface area contributed by atoms with Crippen LogP contribution in [-0.2, 0) is 19.6 Å². The molecule has 6 nitrogen and oxygen atoms in total. The summed E-state index contributed by atoms with van der Waals surface area (Å²) in [6.07, 6.45) is 4.17. The maximum Gasteiger partial charge on any atom is 0.264 e. The van der Waals surface area contributed by atoms with Crippen LogP contribution in [0.5, 0.6) is 0 Å². The lowest BCUT2D eigenvalue weighted by atomic mass is 9.82. The largest absolute Gasteiger partial charge is 0.378 e. The van der Waals surface area contributed by atoms with E-state index in [-0.39, 0.29) is 4.90 Å². The molecule has 0 saturated heterocycles. The van der Waals surface area contributed by atoms with Crippen LogP contribution in [0.25, 0.3) is 5.57 Å². The van der Waals surface area contributed by atoms with Gasteiger partial charge in [0.2, 0.25) is 11.6 Å². The number of carbonyl (C=O) groups excluding carboxylic acids is 2. The van der Waals surface area contributed by atoms with Crippen molar-refractivity contribution in [2.75, 3.05) is 19.0 Å². The van der Waals surface area contributed by atoms with Crippen LogP contribution in [0.2, 0.25) is 0 Å². The molecule has 0 aromatic heterocycles. The lowest BCUT2D eigenvalue weighted by molar-refractivity contribution is -0.136. The van der Waals surface area contributed by atoms with Crippen molar-refractivity contribution in [2.24, 2.45) is 5.92 Å². The Morgan fingerprint density at radius 3 is 2.21 bits per heavy atom. The first-order valence-corrected chi connectivity index (χ1v) is 10.6. The Hall–Kier alpha value is -3.19. The molecule has 2 aromatic carbocycles. The molecule has 29 heavy (non-hydrogen) atoms. The van der Waals surface area contributed by atoms with Crippen LogP contribution in [0.15, 0.2) is 77.8 Å². The van der Waals surface area contributed by atoms with E-state index < -0.39 is 33.5 Å². The van der Waals surface area contributed by atoms with Gasteiger partial charge in [-0.1, -0.05) is 36.4 Å². The number of benzene rings is 2. The van der Waals surface area contributed by atoms with Crippen molar-refractivity contribution < 1.29 is 18.0 Å². The summed E-state index contributed by atoms with van der Waals surface area (Å²) in [4.78, 5) is 26.8. The Morgan fingerprint density at radius 2 is 1.59 bits per heavy atom. The predicted octanol–water partition coefficient (Wildman–Crippen LogP) is 2.49. The lowest BCUT2D eigenvalue weighted by Crippen LogP contribution is -2.42. The maximum atomic E-state index is 13.2. The maximum absolute atomic E-state index is 13.2. The Labute approximate surface area is 169 Å². The van der Waals surface area contributed by atoms with Crippen LogP contribution < -0.4 is 4.90 Å². The Bertz CT molecular complexity index is 1130. The number of hydrogen-bond donors (Lipinski definition) is 0. The topological polar surface area (TPSA) is 74.8 Å². The van der Waals surface area contributed by atoms with Crippen LogP contribution in [-0.4, -0.2) is 44.4 Å². The molecule has 0 N–H and O–H groups in total. The van der Waals surface area contributed by atoms with Crippen LogP contribution >= 0.6 is 0 Å². The van der Waals surface area contributed by atoms with Crippen molar-refractivity contribution in [3.8, 4) is 0 Å². The Balaban J connectivity index is 1.83. The molecule has 2 unspecified atom stereocenters. The molecule has 0 bridgehead atoms. The van der Waals surface area contributed by atoms with Gasteiger partial charge in [0.05, 0.1) is 16.9 Å². The van der Waals surface area contributed by atoms with Crippen molar-refractivity contribution >= 4 is 32.9 Å². The van der Waals surface area contributed by atoms with E-state index in [1.807, 2.05) is 43.3 Å². The van der Waals surface area contributed by atoms with E-state index in [0.717, 1.165) is 5.69 Å². The zero-order chi connectivity index (χ0) is 20.8. The van der Waals surface area contributed by atoms with Crippen molar-refractivity contribution in [1.29, 1.82) is 0 Å². The number of anilines is 1. The summed E-state index contributed by atoms with van der Waals surface area (Å²) in [6.45, 7) is 0. The highest BCUT2D eigenvalue weighted by molar-refractivity contribution is 7.89. The minimum atomic E-state index is -3.88. The van der Waals surface area contributed by atoms with E-state index in [1.54, 1.807) is 18.2 Å². The fourth-order valence-corrected chi connectivity index (χ4v) is 5.21. The molecule has 1 heterocycles. The van der Waals surface area contributed by atoms with Crippen LogP contribution in [0.3, 0.4) is 0 Å². The van der Waals surface area contributed by atoms with Crippen LogP contribution in [0.1, 0.15) is 5.56 Å². The number of allylic oxidation sites excluding steroid dienone is 1. The van der Waals surface area contributed by atoms with Crippen LogP contribution in [0, 0.1) is 5.92 Å². The highest BCUT2D eigenvalue weighted by Crippen LogP contribution is 2.41. The minimum absolute atomic E-state index is 0.136. The summed E-state index contributed by atoms with van der Waals surface area (Å²) in [5, 5.41) is 0. The fourth-order valence-electron chi connectivity index (χ4n) is 3.70. The molecule has 2 aliphatic rings. The molecule has 0 radical (unpaired) electrons.